The number of aliphatic carboxylic acids is 2. The summed E-state index contributed by atoms with van der Waals surface area (Å²) in [5.41, 5.74) is 0. The van der Waals surface area contributed by atoms with Crippen LogP contribution in [-0.2, 0) is 19.1 Å². The Kier molecular flexibility index (Phi) is 5.25. The summed E-state index contributed by atoms with van der Waals surface area (Å²) >= 11 is 0. The second kappa shape index (κ2) is 5.99. The molecule has 0 bridgehead atoms. The number of ether oxygens (including phenoxy) is 1. The number of carboxylic acids is 2. The Hall–Kier alpha value is -1.59. The van der Waals surface area contributed by atoms with Crippen LogP contribution in [-0.4, -0.2) is 35.2 Å². The van der Waals surface area contributed by atoms with E-state index in [1.54, 1.807) is 0 Å². The molecule has 0 aliphatic heterocycles. The van der Waals surface area contributed by atoms with Crippen LogP contribution in [0.2, 0.25) is 0 Å². The van der Waals surface area contributed by atoms with Gasteiger partial charge < -0.3 is 14.9 Å². The van der Waals surface area contributed by atoms with Crippen molar-refractivity contribution in [3.63, 3.8) is 0 Å². The fourth-order valence-corrected chi connectivity index (χ4v) is 0.771. The molecule has 0 aliphatic rings. The molecule has 0 aliphatic carbocycles. The van der Waals surface area contributed by atoms with Crippen molar-refractivity contribution in [3.05, 3.63) is 0 Å². The minimum absolute atomic E-state index is 0.0422. The third-order valence-corrected chi connectivity index (χ3v) is 1.42. The maximum Gasteiger partial charge on any atom is 0.317 e. The summed E-state index contributed by atoms with van der Waals surface area (Å²) in [6.45, 7) is 0.275. The van der Waals surface area contributed by atoms with Gasteiger partial charge in [-0.3, -0.25) is 14.4 Å². The van der Waals surface area contributed by atoms with E-state index in [4.69, 9.17) is 10.2 Å². The zero-order valence-electron chi connectivity index (χ0n) is 6.80. The molecule has 0 atom stereocenters. The Morgan fingerprint density at radius 3 is 2.23 bits per heavy atom. The first-order valence-electron chi connectivity index (χ1n) is 3.60. The van der Waals surface area contributed by atoms with E-state index in [0.717, 1.165) is 0 Å². The summed E-state index contributed by atoms with van der Waals surface area (Å²) in [7, 11) is 0. The molecule has 0 aromatic carbocycles. The Bertz CT molecular complexity index is 185. The SMILES string of the molecule is O=COCCCC(C(=O)O)C(=O)O. The van der Waals surface area contributed by atoms with Gasteiger partial charge in [0.1, 0.15) is 0 Å². The van der Waals surface area contributed by atoms with Crippen LogP contribution in [0.5, 0.6) is 0 Å². The largest absolute Gasteiger partial charge is 0.481 e. The van der Waals surface area contributed by atoms with E-state index in [0.29, 0.717) is 0 Å². The minimum atomic E-state index is -1.42. The van der Waals surface area contributed by atoms with Crippen LogP contribution in [0.25, 0.3) is 0 Å². The quantitative estimate of drug-likeness (QED) is 0.325. The first kappa shape index (κ1) is 11.4. The van der Waals surface area contributed by atoms with Gasteiger partial charge in [0.25, 0.3) is 6.47 Å². The molecule has 0 unspecified atom stereocenters. The number of hydrogen-bond acceptors (Lipinski definition) is 4. The van der Waals surface area contributed by atoms with Gasteiger partial charge >= 0.3 is 11.9 Å². The Labute approximate surface area is 74.1 Å². The van der Waals surface area contributed by atoms with E-state index in [2.05, 4.69) is 4.74 Å². The van der Waals surface area contributed by atoms with Crippen molar-refractivity contribution in [3.8, 4) is 0 Å². The molecule has 0 radical (unpaired) electrons. The lowest BCUT2D eigenvalue weighted by molar-refractivity contribution is -0.154. The second-order valence-corrected chi connectivity index (χ2v) is 2.34. The lowest BCUT2D eigenvalue weighted by atomic mass is 10.0. The van der Waals surface area contributed by atoms with Gasteiger partial charge in [0.2, 0.25) is 0 Å². The summed E-state index contributed by atoms with van der Waals surface area (Å²) in [6, 6.07) is 0. The number of hydrogen-bond donors (Lipinski definition) is 2. The second-order valence-electron chi connectivity index (χ2n) is 2.34. The zero-order chi connectivity index (χ0) is 10.3. The van der Waals surface area contributed by atoms with Crippen molar-refractivity contribution < 1.29 is 29.3 Å². The fraction of sp³-hybridized carbons (Fsp3) is 0.571. The molecule has 0 fully saturated rings. The van der Waals surface area contributed by atoms with E-state index >= 15 is 0 Å². The fourth-order valence-electron chi connectivity index (χ4n) is 0.771. The molecule has 0 aromatic heterocycles. The van der Waals surface area contributed by atoms with E-state index < -0.39 is 17.9 Å². The predicted molar refractivity (Wildman–Crippen MR) is 40.0 cm³/mol. The van der Waals surface area contributed by atoms with Crippen LogP contribution in [0.4, 0.5) is 0 Å². The third-order valence-electron chi connectivity index (χ3n) is 1.42. The van der Waals surface area contributed by atoms with Crippen molar-refractivity contribution in [1.82, 2.24) is 0 Å². The van der Waals surface area contributed by atoms with Gasteiger partial charge in [-0.15, -0.1) is 0 Å². The summed E-state index contributed by atoms with van der Waals surface area (Å²) < 4.78 is 4.28. The monoisotopic (exact) mass is 190 g/mol. The van der Waals surface area contributed by atoms with Crippen LogP contribution in [0, 0.1) is 5.92 Å². The average Bonchev–Trinajstić information content (AvgIpc) is 2.02. The van der Waals surface area contributed by atoms with E-state index in [9.17, 15) is 14.4 Å². The molecule has 74 valence electrons. The van der Waals surface area contributed by atoms with E-state index in [1.807, 2.05) is 0 Å². The van der Waals surface area contributed by atoms with Gasteiger partial charge in [0, 0.05) is 0 Å². The van der Waals surface area contributed by atoms with Gasteiger partial charge in [-0.1, -0.05) is 0 Å². The molecule has 0 amide bonds. The van der Waals surface area contributed by atoms with Crippen molar-refractivity contribution in [1.29, 1.82) is 0 Å². The van der Waals surface area contributed by atoms with Gasteiger partial charge in [0.15, 0.2) is 5.92 Å². The first-order valence-corrected chi connectivity index (χ1v) is 3.60. The van der Waals surface area contributed by atoms with Crippen molar-refractivity contribution >= 4 is 18.4 Å². The zero-order valence-corrected chi connectivity index (χ0v) is 6.80. The highest BCUT2D eigenvalue weighted by Crippen LogP contribution is 2.06. The Morgan fingerprint density at radius 1 is 1.31 bits per heavy atom. The molecule has 0 saturated carbocycles. The van der Waals surface area contributed by atoms with Gasteiger partial charge in [-0.2, -0.15) is 0 Å². The Morgan fingerprint density at radius 2 is 1.85 bits per heavy atom. The maximum absolute atomic E-state index is 10.3. The average molecular weight is 190 g/mol. The van der Waals surface area contributed by atoms with Crippen molar-refractivity contribution in [2.75, 3.05) is 6.61 Å². The van der Waals surface area contributed by atoms with Crippen LogP contribution in [0.3, 0.4) is 0 Å². The van der Waals surface area contributed by atoms with Crippen LogP contribution >= 0.6 is 0 Å². The van der Waals surface area contributed by atoms with Crippen LogP contribution in [0.1, 0.15) is 12.8 Å². The first-order chi connectivity index (χ1) is 6.09. The van der Waals surface area contributed by atoms with Crippen LogP contribution in [0.15, 0.2) is 0 Å². The molecule has 0 saturated heterocycles. The highest BCUT2D eigenvalue weighted by molar-refractivity contribution is 5.92. The molecule has 13 heavy (non-hydrogen) atoms. The number of rotatable bonds is 7. The van der Waals surface area contributed by atoms with E-state index in [-0.39, 0.29) is 25.9 Å². The molecule has 2 N–H and O–H groups in total. The summed E-state index contributed by atoms with van der Waals surface area (Å²) in [5, 5.41) is 16.8. The molecule has 0 aromatic rings. The highest BCUT2D eigenvalue weighted by Gasteiger charge is 2.24. The van der Waals surface area contributed by atoms with Crippen molar-refractivity contribution in [2.45, 2.75) is 12.8 Å². The van der Waals surface area contributed by atoms with Gasteiger partial charge in [0.05, 0.1) is 6.61 Å². The topological polar surface area (TPSA) is 101 Å². The standard InChI is InChI=1S/C7H10O6/c8-4-13-3-1-2-5(6(9)10)7(11)12/h4-5H,1-3H2,(H,9,10)(H,11,12). The van der Waals surface area contributed by atoms with E-state index in [1.165, 1.54) is 0 Å². The predicted octanol–water partition coefficient (Wildman–Crippen LogP) is -0.275. The third kappa shape index (κ3) is 4.78. The minimum Gasteiger partial charge on any atom is -0.481 e. The van der Waals surface area contributed by atoms with Crippen molar-refractivity contribution in [2.24, 2.45) is 5.92 Å². The summed E-state index contributed by atoms with van der Waals surface area (Å²) in [4.78, 5) is 30.3. The highest BCUT2D eigenvalue weighted by atomic mass is 16.5. The molecule has 6 nitrogen and oxygen atoms in total. The Balaban J connectivity index is 3.77. The normalized spacial score (nSPS) is 9.62. The lowest BCUT2D eigenvalue weighted by Gasteiger charge is -2.05. The smallest absolute Gasteiger partial charge is 0.317 e. The number of carbonyl (C=O) groups is 3. The summed E-state index contributed by atoms with van der Waals surface area (Å²) in [6.07, 6.45) is 0.181. The number of carboxylic acid groups (broad SMARTS) is 2. The molecule has 0 heterocycles. The molecule has 6 heteroatoms. The lowest BCUT2D eigenvalue weighted by Crippen LogP contribution is -2.23. The van der Waals surface area contributed by atoms with Crippen LogP contribution < -0.4 is 0 Å². The molecular formula is C7H10O6. The van der Waals surface area contributed by atoms with Gasteiger partial charge in [-0.05, 0) is 12.8 Å². The summed E-state index contributed by atoms with van der Waals surface area (Å²) in [5.74, 6) is -4.17. The number of carbonyl (C=O) groups excluding carboxylic acids is 1. The maximum atomic E-state index is 10.3. The molecule has 0 rings (SSSR count). The van der Waals surface area contributed by atoms with Gasteiger partial charge in [-0.25, -0.2) is 0 Å². The molecular weight excluding hydrogens is 180 g/mol. The molecule has 0 spiro atoms.